The fourth-order valence-electron chi connectivity index (χ4n) is 2.15. The highest BCUT2D eigenvalue weighted by Gasteiger charge is 2.37. The molecule has 1 fully saturated rings. The first-order chi connectivity index (χ1) is 7.79. The smallest absolute Gasteiger partial charge is 0.219 e. The van der Waals surface area contributed by atoms with Crippen LogP contribution < -0.4 is 5.32 Å². The molecular weight excluding hydrogens is 236 g/mol. The van der Waals surface area contributed by atoms with Crippen molar-refractivity contribution in [2.75, 3.05) is 26.2 Å². The van der Waals surface area contributed by atoms with Gasteiger partial charge in [0, 0.05) is 13.1 Å². The molecule has 1 atom stereocenters. The van der Waals surface area contributed by atoms with Gasteiger partial charge in [0.2, 0.25) is 10.0 Å². The van der Waals surface area contributed by atoms with Gasteiger partial charge >= 0.3 is 0 Å². The molecule has 0 amide bonds. The van der Waals surface area contributed by atoms with Crippen molar-refractivity contribution in [3.8, 4) is 0 Å². The molecule has 0 spiro atoms. The first kappa shape index (κ1) is 14.9. The maximum atomic E-state index is 12.3. The Kier molecular flexibility index (Phi) is 4.98. The standard InChI is InChI=1S/C12H26N2O2S/c1-5-13-9-11-7-6-8-14(10-11)17(15,16)12(2,3)4/h11,13H,5-10H2,1-4H3. The van der Waals surface area contributed by atoms with E-state index in [-0.39, 0.29) is 0 Å². The minimum Gasteiger partial charge on any atom is -0.317 e. The normalized spacial score (nSPS) is 23.9. The summed E-state index contributed by atoms with van der Waals surface area (Å²) in [4.78, 5) is 0. The third-order valence-corrected chi connectivity index (χ3v) is 5.84. The average Bonchev–Trinajstić information content (AvgIpc) is 2.25. The largest absolute Gasteiger partial charge is 0.317 e. The van der Waals surface area contributed by atoms with Crippen LogP contribution in [0.2, 0.25) is 0 Å². The van der Waals surface area contributed by atoms with E-state index >= 15 is 0 Å². The molecule has 0 bridgehead atoms. The van der Waals surface area contributed by atoms with Gasteiger partial charge in [0.15, 0.2) is 0 Å². The Hall–Kier alpha value is -0.130. The molecule has 1 aliphatic rings. The Bertz CT molecular complexity index is 333. The lowest BCUT2D eigenvalue weighted by atomic mass is 10.00. The molecule has 1 rings (SSSR count). The van der Waals surface area contributed by atoms with Crippen molar-refractivity contribution in [3.05, 3.63) is 0 Å². The quantitative estimate of drug-likeness (QED) is 0.834. The second kappa shape index (κ2) is 5.67. The molecule has 0 aliphatic carbocycles. The Morgan fingerprint density at radius 3 is 2.53 bits per heavy atom. The summed E-state index contributed by atoms with van der Waals surface area (Å²) in [6.45, 7) is 10.6. The van der Waals surface area contributed by atoms with Crippen LogP contribution in [-0.4, -0.2) is 43.6 Å². The summed E-state index contributed by atoms with van der Waals surface area (Å²) in [6.07, 6.45) is 2.11. The summed E-state index contributed by atoms with van der Waals surface area (Å²) >= 11 is 0. The second-order valence-electron chi connectivity index (χ2n) is 5.79. The van der Waals surface area contributed by atoms with E-state index in [0.29, 0.717) is 19.0 Å². The summed E-state index contributed by atoms with van der Waals surface area (Å²) in [6, 6.07) is 0. The molecule has 0 aromatic heterocycles. The van der Waals surface area contributed by atoms with Gasteiger partial charge in [0.25, 0.3) is 0 Å². The van der Waals surface area contributed by atoms with Crippen LogP contribution in [0.5, 0.6) is 0 Å². The first-order valence-electron chi connectivity index (χ1n) is 6.49. The minimum absolute atomic E-state index is 0.459. The van der Waals surface area contributed by atoms with Crippen LogP contribution in [0.4, 0.5) is 0 Å². The molecule has 1 N–H and O–H groups in total. The second-order valence-corrected chi connectivity index (χ2v) is 8.48. The lowest BCUT2D eigenvalue weighted by Crippen LogP contribution is -2.48. The van der Waals surface area contributed by atoms with Gasteiger partial charge in [0.05, 0.1) is 4.75 Å². The highest BCUT2D eigenvalue weighted by Crippen LogP contribution is 2.25. The van der Waals surface area contributed by atoms with Gasteiger partial charge in [-0.1, -0.05) is 6.92 Å². The fourth-order valence-corrected chi connectivity index (χ4v) is 3.70. The lowest BCUT2D eigenvalue weighted by Gasteiger charge is -2.36. The molecule has 102 valence electrons. The predicted octanol–water partition coefficient (Wildman–Crippen LogP) is 1.44. The zero-order valence-electron chi connectivity index (χ0n) is 11.5. The molecular formula is C12H26N2O2S. The van der Waals surface area contributed by atoms with Crippen molar-refractivity contribution in [2.45, 2.75) is 45.3 Å². The number of rotatable bonds is 4. The van der Waals surface area contributed by atoms with Gasteiger partial charge in [-0.2, -0.15) is 0 Å². The van der Waals surface area contributed by atoms with Crippen LogP contribution in [0.15, 0.2) is 0 Å². The number of hydrogen-bond donors (Lipinski definition) is 1. The zero-order chi connectivity index (χ0) is 13.1. The summed E-state index contributed by atoms with van der Waals surface area (Å²) in [5.41, 5.74) is 0. The average molecular weight is 262 g/mol. The third-order valence-electron chi connectivity index (χ3n) is 3.28. The number of piperidine rings is 1. The van der Waals surface area contributed by atoms with E-state index in [4.69, 9.17) is 0 Å². The van der Waals surface area contributed by atoms with Crippen LogP contribution in [0.25, 0.3) is 0 Å². The molecule has 1 aliphatic heterocycles. The van der Waals surface area contributed by atoms with Gasteiger partial charge in [-0.05, 0) is 52.6 Å². The van der Waals surface area contributed by atoms with Gasteiger partial charge < -0.3 is 5.32 Å². The van der Waals surface area contributed by atoms with Crippen molar-refractivity contribution < 1.29 is 8.42 Å². The van der Waals surface area contributed by atoms with Crippen molar-refractivity contribution >= 4 is 10.0 Å². The summed E-state index contributed by atoms with van der Waals surface area (Å²) in [7, 11) is -3.15. The molecule has 1 heterocycles. The van der Waals surface area contributed by atoms with Crippen LogP contribution in [-0.2, 0) is 10.0 Å². The van der Waals surface area contributed by atoms with Crippen LogP contribution >= 0.6 is 0 Å². The minimum atomic E-state index is -3.15. The molecule has 5 heteroatoms. The molecule has 0 aromatic rings. The first-order valence-corrected chi connectivity index (χ1v) is 7.93. The monoisotopic (exact) mass is 262 g/mol. The highest BCUT2D eigenvalue weighted by molar-refractivity contribution is 7.90. The Balaban J connectivity index is 2.67. The number of nitrogens with one attached hydrogen (secondary N) is 1. The number of nitrogens with zero attached hydrogens (tertiary/aromatic N) is 1. The Morgan fingerprint density at radius 2 is 2.00 bits per heavy atom. The van der Waals surface area contributed by atoms with E-state index in [1.807, 2.05) is 0 Å². The molecule has 0 aromatic carbocycles. The number of sulfonamides is 1. The van der Waals surface area contributed by atoms with E-state index in [1.165, 1.54) is 0 Å². The van der Waals surface area contributed by atoms with Gasteiger partial charge in [-0.15, -0.1) is 0 Å². The number of hydrogen-bond acceptors (Lipinski definition) is 3. The molecule has 1 saturated heterocycles. The Morgan fingerprint density at radius 1 is 1.35 bits per heavy atom. The van der Waals surface area contributed by atoms with Crippen LogP contribution in [0.1, 0.15) is 40.5 Å². The predicted molar refractivity (Wildman–Crippen MR) is 71.5 cm³/mol. The summed E-state index contributed by atoms with van der Waals surface area (Å²) in [5.74, 6) is 0.459. The van der Waals surface area contributed by atoms with E-state index in [2.05, 4.69) is 12.2 Å². The molecule has 1 unspecified atom stereocenters. The van der Waals surface area contributed by atoms with Gasteiger partial charge in [0.1, 0.15) is 0 Å². The van der Waals surface area contributed by atoms with E-state index < -0.39 is 14.8 Å². The van der Waals surface area contributed by atoms with Crippen LogP contribution in [0, 0.1) is 5.92 Å². The maximum absolute atomic E-state index is 12.3. The molecule has 17 heavy (non-hydrogen) atoms. The topological polar surface area (TPSA) is 49.4 Å². The molecule has 0 saturated carbocycles. The van der Waals surface area contributed by atoms with E-state index in [0.717, 1.165) is 25.9 Å². The summed E-state index contributed by atoms with van der Waals surface area (Å²) < 4.78 is 25.7. The van der Waals surface area contributed by atoms with Crippen molar-refractivity contribution in [3.63, 3.8) is 0 Å². The van der Waals surface area contributed by atoms with Gasteiger partial charge in [-0.3, -0.25) is 0 Å². The molecule has 4 nitrogen and oxygen atoms in total. The van der Waals surface area contributed by atoms with E-state index in [9.17, 15) is 8.42 Å². The SMILES string of the molecule is CCNCC1CCCN(S(=O)(=O)C(C)(C)C)C1. The van der Waals surface area contributed by atoms with Crippen LogP contribution in [0.3, 0.4) is 0 Å². The zero-order valence-corrected chi connectivity index (χ0v) is 12.3. The fraction of sp³-hybridized carbons (Fsp3) is 1.00. The van der Waals surface area contributed by atoms with E-state index in [1.54, 1.807) is 25.1 Å². The summed E-state index contributed by atoms with van der Waals surface area (Å²) in [5, 5.41) is 3.31. The lowest BCUT2D eigenvalue weighted by molar-refractivity contribution is 0.256. The third kappa shape index (κ3) is 3.66. The van der Waals surface area contributed by atoms with Gasteiger partial charge in [-0.25, -0.2) is 12.7 Å². The Labute approximate surface area is 106 Å². The van der Waals surface area contributed by atoms with Crippen molar-refractivity contribution in [1.29, 1.82) is 0 Å². The van der Waals surface area contributed by atoms with Crippen molar-refractivity contribution in [1.82, 2.24) is 9.62 Å². The molecule has 0 radical (unpaired) electrons. The van der Waals surface area contributed by atoms with Crippen molar-refractivity contribution in [2.24, 2.45) is 5.92 Å². The maximum Gasteiger partial charge on any atom is 0.219 e. The highest BCUT2D eigenvalue weighted by atomic mass is 32.2.